The Morgan fingerprint density at radius 3 is 2.73 bits per heavy atom. The van der Waals surface area contributed by atoms with Crippen molar-refractivity contribution in [1.82, 2.24) is 4.57 Å². The summed E-state index contributed by atoms with van der Waals surface area (Å²) in [7, 11) is 0. The van der Waals surface area contributed by atoms with Crippen LogP contribution in [0.4, 0.5) is 0 Å². The molecule has 4 nitrogen and oxygen atoms in total. The zero-order valence-corrected chi connectivity index (χ0v) is 14.9. The van der Waals surface area contributed by atoms with E-state index >= 15 is 0 Å². The summed E-state index contributed by atoms with van der Waals surface area (Å²) in [5.41, 5.74) is 2.62. The second kappa shape index (κ2) is 6.28. The maximum Gasteiger partial charge on any atom is 0.210 e. The zero-order chi connectivity index (χ0) is 15.7. The average Bonchev–Trinajstić information content (AvgIpc) is 3.06. The Labute approximate surface area is 145 Å². The van der Waals surface area contributed by atoms with Gasteiger partial charge in [-0.05, 0) is 37.4 Å². The molecule has 0 aliphatic carbocycles. The second-order valence-corrected chi connectivity index (χ2v) is 7.19. The van der Waals surface area contributed by atoms with Crippen molar-refractivity contribution in [3.05, 3.63) is 48.7 Å². The van der Waals surface area contributed by atoms with Crippen molar-refractivity contribution in [3.8, 4) is 5.88 Å². The van der Waals surface area contributed by atoms with Crippen LogP contribution < -0.4 is 0 Å². The smallest absolute Gasteiger partial charge is 0.210 e. The quantitative estimate of drug-likeness (QED) is 0.772. The van der Waals surface area contributed by atoms with Gasteiger partial charge in [0.15, 0.2) is 3.95 Å². The summed E-state index contributed by atoms with van der Waals surface area (Å²) in [5, 5.41) is 18.4. The Kier molecular flexibility index (Phi) is 4.37. The minimum atomic E-state index is 0.195. The van der Waals surface area contributed by atoms with Crippen LogP contribution in [0.25, 0.3) is 6.08 Å². The number of aromatic nitrogens is 1. The number of nitrogens with zero attached hydrogens (tertiary/aromatic N) is 3. The fraction of sp³-hybridized carbons (Fsp3) is 0.133. The summed E-state index contributed by atoms with van der Waals surface area (Å²) in [6.07, 6.45) is 3.56. The van der Waals surface area contributed by atoms with E-state index in [-0.39, 0.29) is 5.88 Å². The number of halogens is 1. The molecule has 0 bridgehead atoms. The Morgan fingerprint density at radius 1 is 1.36 bits per heavy atom. The first-order valence-electron chi connectivity index (χ1n) is 6.61. The number of allylic oxidation sites excluding steroid dienone is 1. The standard InChI is InChI=1S/C15H12BrN3OS2/c1-2-19-14(20)12(22-15(19)21)7-10-8-17-18-13(10)9-3-5-11(16)6-4-9/h3-8,20H,2H2,1H3/b10-7-. The maximum absolute atomic E-state index is 10.2. The molecule has 2 heterocycles. The van der Waals surface area contributed by atoms with E-state index in [0.29, 0.717) is 10.5 Å². The number of rotatable bonds is 3. The molecule has 1 N–H and O–H groups in total. The van der Waals surface area contributed by atoms with Crippen LogP contribution in [-0.4, -0.2) is 21.6 Å². The van der Waals surface area contributed by atoms with Gasteiger partial charge < -0.3 is 5.11 Å². The second-order valence-electron chi connectivity index (χ2n) is 4.60. The van der Waals surface area contributed by atoms with Crippen molar-refractivity contribution in [1.29, 1.82) is 0 Å². The van der Waals surface area contributed by atoms with Crippen LogP contribution in [0.2, 0.25) is 0 Å². The van der Waals surface area contributed by atoms with E-state index in [1.54, 1.807) is 10.8 Å². The Hall–Kier alpha value is -1.57. The van der Waals surface area contributed by atoms with Gasteiger partial charge in [0, 0.05) is 22.2 Å². The summed E-state index contributed by atoms with van der Waals surface area (Å²) >= 11 is 10.1. The van der Waals surface area contributed by atoms with Gasteiger partial charge >= 0.3 is 0 Å². The molecule has 112 valence electrons. The van der Waals surface area contributed by atoms with Crippen LogP contribution in [0, 0.1) is 3.95 Å². The summed E-state index contributed by atoms with van der Waals surface area (Å²) in [5.74, 6) is 0.195. The predicted molar refractivity (Wildman–Crippen MR) is 97.6 cm³/mol. The first kappa shape index (κ1) is 15.3. The maximum atomic E-state index is 10.2. The number of thiazole rings is 1. The SMILES string of the molecule is CCn1c(O)c(/C=C2/C=NN=C2c2ccc(Br)cc2)sc1=S. The van der Waals surface area contributed by atoms with Crippen LogP contribution in [0.5, 0.6) is 5.88 Å². The fourth-order valence-corrected chi connectivity index (χ4v) is 3.78. The van der Waals surface area contributed by atoms with E-state index in [2.05, 4.69) is 26.1 Å². The van der Waals surface area contributed by atoms with Gasteiger partial charge in [0.1, 0.15) is 5.71 Å². The third-order valence-electron chi connectivity index (χ3n) is 3.24. The van der Waals surface area contributed by atoms with Crippen LogP contribution in [-0.2, 0) is 6.54 Å². The molecule has 22 heavy (non-hydrogen) atoms. The number of aromatic hydroxyl groups is 1. The molecule has 0 radical (unpaired) electrons. The minimum absolute atomic E-state index is 0.195. The van der Waals surface area contributed by atoms with Crippen LogP contribution >= 0.6 is 39.5 Å². The number of hydrogen-bond acceptors (Lipinski definition) is 5. The molecule has 0 unspecified atom stereocenters. The molecule has 2 aromatic rings. The summed E-state index contributed by atoms with van der Waals surface area (Å²) in [4.78, 5) is 0.722. The molecule has 1 aliphatic heterocycles. The summed E-state index contributed by atoms with van der Waals surface area (Å²) in [6, 6.07) is 7.88. The lowest BCUT2D eigenvalue weighted by atomic mass is 10.0. The fourth-order valence-electron chi connectivity index (χ4n) is 2.13. The Morgan fingerprint density at radius 2 is 2.09 bits per heavy atom. The molecule has 1 aromatic carbocycles. The van der Waals surface area contributed by atoms with Gasteiger partial charge in [-0.2, -0.15) is 5.10 Å². The summed E-state index contributed by atoms with van der Waals surface area (Å²) < 4.78 is 3.37. The van der Waals surface area contributed by atoms with E-state index in [1.165, 1.54) is 11.3 Å². The predicted octanol–water partition coefficient (Wildman–Crippen LogP) is 4.64. The monoisotopic (exact) mass is 393 g/mol. The lowest BCUT2D eigenvalue weighted by molar-refractivity contribution is 0.419. The lowest BCUT2D eigenvalue weighted by Crippen LogP contribution is -2.02. The van der Waals surface area contributed by atoms with Gasteiger partial charge in [-0.15, -0.1) is 16.4 Å². The van der Waals surface area contributed by atoms with E-state index in [9.17, 15) is 5.11 Å². The topological polar surface area (TPSA) is 49.9 Å². The first-order valence-corrected chi connectivity index (χ1v) is 8.63. The van der Waals surface area contributed by atoms with E-state index in [0.717, 1.165) is 26.2 Å². The molecule has 0 saturated carbocycles. The highest BCUT2D eigenvalue weighted by Crippen LogP contribution is 2.29. The van der Waals surface area contributed by atoms with Gasteiger partial charge in [0.25, 0.3) is 0 Å². The van der Waals surface area contributed by atoms with Gasteiger partial charge in [-0.3, -0.25) is 4.57 Å². The van der Waals surface area contributed by atoms with Crippen molar-refractivity contribution in [2.75, 3.05) is 0 Å². The Bertz CT molecular complexity index is 860. The van der Waals surface area contributed by atoms with Gasteiger partial charge in [0.2, 0.25) is 5.88 Å². The van der Waals surface area contributed by atoms with Crippen LogP contribution in [0.1, 0.15) is 17.4 Å². The highest BCUT2D eigenvalue weighted by molar-refractivity contribution is 9.10. The molecule has 7 heteroatoms. The van der Waals surface area contributed by atoms with E-state index in [4.69, 9.17) is 12.2 Å². The molecule has 0 amide bonds. The molecular weight excluding hydrogens is 382 g/mol. The van der Waals surface area contributed by atoms with Crippen molar-refractivity contribution >= 4 is 57.5 Å². The molecule has 0 fully saturated rings. The van der Waals surface area contributed by atoms with Crippen molar-refractivity contribution in [2.24, 2.45) is 10.2 Å². The number of hydrogen-bond donors (Lipinski definition) is 1. The first-order chi connectivity index (χ1) is 10.6. The normalized spacial score (nSPS) is 15.5. The van der Waals surface area contributed by atoms with Crippen molar-refractivity contribution < 1.29 is 5.11 Å². The van der Waals surface area contributed by atoms with Crippen LogP contribution in [0.3, 0.4) is 0 Å². The van der Waals surface area contributed by atoms with E-state index in [1.807, 2.05) is 37.3 Å². The van der Waals surface area contributed by atoms with Gasteiger partial charge in [0.05, 0.1) is 11.1 Å². The average molecular weight is 394 g/mol. The third-order valence-corrected chi connectivity index (χ3v) is 5.16. The van der Waals surface area contributed by atoms with Crippen molar-refractivity contribution in [2.45, 2.75) is 13.5 Å². The summed E-state index contributed by atoms with van der Waals surface area (Å²) in [6.45, 7) is 2.59. The highest BCUT2D eigenvalue weighted by atomic mass is 79.9. The Balaban J connectivity index is 2.01. The van der Waals surface area contributed by atoms with Crippen LogP contribution in [0.15, 0.2) is 44.5 Å². The largest absolute Gasteiger partial charge is 0.493 e. The molecular formula is C15H12BrN3OS2. The van der Waals surface area contributed by atoms with Gasteiger partial charge in [-0.1, -0.05) is 28.1 Å². The number of benzene rings is 1. The third kappa shape index (κ3) is 2.84. The lowest BCUT2D eigenvalue weighted by Gasteiger charge is -2.03. The molecule has 0 saturated heterocycles. The zero-order valence-electron chi connectivity index (χ0n) is 11.7. The van der Waals surface area contributed by atoms with Gasteiger partial charge in [-0.25, -0.2) is 0 Å². The molecule has 3 rings (SSSR count). The van der Waals surface area contributed by atoms with E-state index < -0.39 is 0 Å². The molecule has 1 aliphatic rings. The molecule has 0 spiro atoms. The minimum Gasteiger partial charge on any atom is -0.493 e. The highest BCUT2D eigenvalue weighted by Gasteiger charge is 2.16. The van der Waals surface area contributed by atoms with Crippen molar-refractivity contribution in [3.63, 3.8) is 0 Å². The molecule has 1 aromatic heterocycles. The molecule has 0 atom stereocenters.